The highest BCUT2D eigenvalue weighted by Crippen LogP contribution is 2.23. The van der Waals surface area contributed by atoms with Gasteiger partial charge in [0.05, 0.1) is 12.1 Å². The van der Waals surface area contributed by atoms with Crippen molar-refractivity contribution in [2.75, 3.05) is 19.7 Å². The van der Waals surface area contributed by atoms with E-state index in [9.17, 15) is 13.6 Å². The maximum atomic E-state index is 13.9. The summed E-state index contributed by atoms with van der Waals surface area (Å²) in [5.74, 6) is -1.54. The van der Waals surface area contributed by atoms with Crippen LogP contribution in [0.15, 0.2) is 35.5 Å². The van der Waals surface area contributed by atoms with Crippen molar-refractivity contribution < 1.29 is 18.3 Å². The van der Waals surface area contributed by atoms with Crippen LogP contribution in [0.25, 0.3) is 5.70 Å². The molecule has 7 heteroatoms. The number of benzene rings is 1. The van der Waals surface area contributed by atoms with Crippen LogP contribution in [0.2, 0.25) is 0 Å². The molecular formula is C19H25F2N3O2. The summed E-state index contributed by atoms with van der Waals surface area (Å²) in [7, 11) is 0. The Balaban J connectivity index is 2.27. The summed E-state index contributed by atoms with van der Waals surface area (Å²) in [5, 5.41) is 0. The standard InChI is InChI=1S/C19H25F2N3O2/c1-3-5-13(11-24-8-9-26-19(24)25)18(23)12(2)10-16(22)17-14(20)6-4-7-15(17)21/h4,6-7,10,13H,3,5,8-9,11,22-23H2,1-2H3/b16-10-,18-12-. The lowest BCUT2D eigenvalue weighted by Crippen LogP contribution is -2.33. The number of rotatable bonds is 7. The summed E-state index contributed by atoms with van der Waals surface area (Å²) in [6.45, 7) is 5.11. The van der Waals surface area contributed by atoms with Crippen molar-refractivity contribution in [3.8, 4) is 0 Å². The van der Waals surface area contributed by atoms with Crippen molar-refractivity contribution in [1.29, 1.82) is 0 Å². The normalized spacial score (nSPS) is 17.2. The summed E-state index contributed by atoms with van der Waals surface area (Å²) in [6.07, 6.45) is 2.78. The number of allylic oxidation sites excluding steroid dienone is 2. The van der Waals surface area contributed by atoms with E-state index in [0.29, 0.717) is 31.0 Å². The lowest BCUT2D eigenvalue weighted by atomic mass is 9.95. The molecule has 1 aromatic carbocycles. The second-order valence-electron chi connectivity index (χ2n) is 6.38. The monoisotopic (exact) mass is 365 g/mol. The van der Waals surface area contributed by atoms with Crippen molar-refractivity contribution in [2.45, 2.75) is 26.7 Å². The van der Waals surface area contributed by atoms with Gasteiger partial charge in [0.2, 0.25) is 0 Å². The highest BCUT2D eigenvalue weighted by Gasteiger charge is 2.26. The first-order chi connectivity index (χ1) is 12.3. The Hall–Kier alpha value is -2.57. The maximum Gasteiger partial charge on any atom is 0.409 e. The van der Waals surface area contributed by atoms with E-state index < -0.39 is 11.6 Å². The largest absolute Gasteiger partial charge is 0.448 e. The van der Waals surface area contributed by atoms with Gasteiger partial charge < -0.3 is 21.1 Å². The average Bonchev–Trinajstić information content (AvgIpc) is 2.98. The molecule has 4 N–H and O–H groups in total. The Bertz CT molecular complexity index is 711. The van der Waals surface area contributed by atoms with E-state index in [-0.39, 0.29) is 23.3 Å². The molecule has 1 amide bonds. The van der Waals surface area contributed by atoms with Crippen molar-refractivity contribution in [3.63, 3.8) is 0 Å². The number of nitrogens with zero attached hydrogens (tertiary/aromatic N) is 1. The van der Waals surface area contributed by atoms with Crippen molar-refractivity contribution >= 4 is 11.8 Å². The number of amides is 1. The molecule has 1 aliphatic heterocycles. The van der Waals surface area contributed by atoms with Gasteiger partial charge in [0.1, 0.15) is 18.2 Å². The van der Waals surface area contributed by atoms with E-state index in [0.717, 1.165) is 25.0 Å². The third-order valence-corrected chi connectivity index (χ3v) is 4.44. The van der Waals surface area contributed by atoms with Crippen LogP contribution in [-0.4, -0.2) is 30.7 Å². The van der Waals surface area contributed by atoms with Gasteiger partial charge in [0.15, 0.2) is 0 Å². The summed E-state index contributed by atoms with van der Waals surface area (Å²) in [6, 6.07) is 3.59. The second kappa shape index (κ2) is 8.69. The van der Waals surface area contributed by atoms with E-state index in [1.165, 1.54) is 12.1 Å². The highest BCUT2D eigenvalue weighted by molar-refractivity contribution is 5.69. The first-order valence-electron chi connectivity index (χ1n) is 8.64. The number of hydrogen-bond donors (Lipinski definition) is 2. The van der Waals surface area contributed by atoms with Crippen LogP contribution in [0, 0.1) is 17.6 Å². The lowest BCUT2D eigenvalue weighted by molar-refractivity contribution is 0.155. The first-order valence-corrected chi connectivity index (χ1v) is 8.64. The van der Waals surface area contributed by atoms with Gasteiger partial charge in [-0.2, -0.15) is 0 Å². The SMILES string of the molecule is CCCC(CN1CCOC1=O)/C(N)=C(C)/C=C(\N)c1c(F)cccc1F. The van der Waals surface area contributed by atoms with Gasteiger partial charge in [-0.05, 0) is 37.1 Å². The fourth-order valence-corrected chi connectivity index (χ4v) is 3.04. The van der Waals surface area contributed by atoms with E-state index in [1.807, 2.05) is 6.92 Å². The molecule has 1 unspecified atom stereocenters. The molecule has 1 heterocycles. The summed E-state index contributed by atoms with van der Waals surface area (Å²) in [4.78, 5) is 13.3. The summed E-state index contributed by atoms with van der Waals surface area (Å²) in [5.41, 5.74) is 13.1. The maximum absolute atomic E-state index is 13.9. The van der Waals surface area contributed by atoms with Crippen molar-refractivity contribution in [3.05, 3.63) is 52.7 Å². The van der Waals surface area contributed by atoms with Gasteiger partial charge in [-0.3, -0.25) is 0 Å². The fourth-order valence-electron chi connectivity index (χ4n) is 3.04. The molecule has 1 saturated heterocycles. The molecule has 1 atom stereocenters. The summed E-state index contributed by atoms with van der Waals surface area (Å²) >= 11 is 0. The molecule has 1 aromatic rings. The van der Waals surface area contributed by atoms with Crippen LogP contribution in [-0.2, 0) is 4.74 Å². The minimum Gasteiger partial charge on any atom is -0.448 e. The second-order valence-corrected chi connectivity index (χ2v) is 6.38. The first kappa shape index (κ1) is 19.8. The van der Waals surface area contributed by atoms with E-state index in [4.69, 9.17) is 16.2 Å². The van der Waals surface area contributed by atoms with Crippen LogP contribution in [0.1, 0.15) is 32.3 Å². The third kappa shape index (κ3) is 4.53. The summed E-state index contributed by atoms with van der Waals surface area (Å²) < 4.78 is 32.7. The zero-order valence-corrected chi connectivity index (χ0v) is 15.1. The van der Waals surface area contributed by atoms with Gasteiger partial charge in [-0.15, -0.1) is 0 Å². The Kier molecular flexibility index (Phi) is 6.60. The van der Waals surface area contributed by atoms with Crippen LogP contribution < -0.4 is 11.5 Å². The van der Waals surface area contributed by atoms with Crippen LogP contribution in [0.5, 0.6) is 0 Å². The van der Waals surface area contributed by atoms with Gasteiger partial charge in [-0.1, -0.05) is 19.4 Å². The molecule has 0 saturated carbocycles. The predicted molar refractivity (Wildman–Crippen MR) is 96.7 cm³/mol. The number of halogens is 2. The zero-order valence-electron chi connectivity index (χ0n) is 15.1. The van der Waals surface area contributed by atoms with Gasteiger partial charge in [0, 0.05) is 23.9 Å². The van der Waals surface area contributed by atoms with E-state index in [2.05, 4.69) is 0 Å². The molecule has 0 bridgehead atoms. The quantitative estimate of drug-likeness (QED) is 0.726. The van der Waals surface area contributed by atoms with E-state index in [1.54, 1.807) is 11.8 Å². The van der Waals surface area contributed by atoms with Crippen molar-refractivity contribution in [2.24, 2.45) is 17.4 Å². The molecule has 0 spiro atoms. The molecular weight excluding hydrogens is 340 g/mol. The Morgan fingerprint density at radius 2 is 2.00 bits per heavy atom. The molecule has 1 fully saturated rings. The average molecular weight is 365 g/mol. The number of nitrogens with two attached hydrogens (primary N) is 2. The molecule has 0 radical (unpaired) electrons. The van der Waals surface area contributed by atoms with Crippen LogP contribution in [0.4, 0.5) is 13.6 Å². The lowest BCUT2D eigenvalue weighted by Gasteiger charge is -2.23. The van der Waals surface area contributed by atoms with Crippen molar-refractivity contribution in [1.82, 2.24) is 4.90 Å². The number of hydrogen-bond acceptors (Lipinski definition) is 4. The topological polar surface area (TPSA) is 81.6 Å². The smallest absolute Gasteiger partial charge is 0.409 e. The number of cyclic esters (lactones) is 1. The molecule has 2 rings (SSSR count). The fraction of sp³-hybridized carbons (Fsp3) is 0.421. The van der Waals surface area contributed by atoms with Gasteiger partial charge >= 0.3 is 6.09 Å². The molecule has 142 valence electrons. The van der Waals surface area contributed by atoms with Gasteiger partial charge in [0.25, 0.3) is 0 Å². The van der Waals surface area contributed by atoms with Crippen LogP contribution >= 0.6 is 0 Å². The van der Waals surface area contributed by atoms with E-state index >= 15 is 0 Å². The molecule has 0 aliphatic carbocycles. The minimum atomic E-state index is -0.727. The third-order valence-electron chi connectivity index (χ3n) is 4.44. The zero-order chi connectivity index (χ0) is 19.3. The predicted octanol–water partition coefficient (Wildman–Crippen LogP) is 3.37. The molecule has 1 aliphatic rings. The Morgan fingerprint density at radius 1 is 1.35 bits per heavy atom. The number of carbonyl (C=O) groups excluding carboxylic acids is 1. The highest BCUT2D eigenvalue weighted by atomic mass is 19.1. The molecule has 5 nitrogen and oxygen atoms in total. The van der Waals surface area contributed by atoms with Crippen LogP contribution in [0.3, 0.4) is 0 Å². The molecule has 0 aromatic heterocycles. The Morgan fingerprint density at radius 3 is 2.54 bits per heavy atom. The minimum absolute atomic E-state index is 0.0307. The van der Waals surface area contributed by atoms with Gasteiger partial charge in [-0.25, -0.2) is 13.6 Å². The number of carbonyl (C=O) groups is 1. The Labute approximate surface area is 152 Å². The number of ether oxygens (including phenoxy) is 1. The molecule has 26 heavy (non-hydrogen) atoms.